The van der Waals surface area contributed by atoms with Crippen molar-refractivity contribution in [2.75, 3.05) is 39.4 Å². The van der Waals surface area contributed by atoms with Gasteiger partial charge in [0.2, 0.25) is 5.91 Å². The van der Waals surface area contributed by atoms with E-state index in [9.17, 15) is 4.79 Å². The van der Waals surface area contributed by atoms with Gasteiger partial charge in [0.25, 0.3) is 0 Å². The molecule has 6 nitrogen and oxygen atoms in total. The van der Waals surface area contributed by atoms with Gasteiger partial charge in [-0.2, -0.15) is 5.10 Å². The summed E-state index contributed by atoms with van der Waals surface area (Å²) in [5.74, 6) is 0.759. The summed E-state index contributed by atoms with van der Waals surface area (Å²) in [7, 11) is 1.96. The number of ether oxygens (including phenoxy) is 1. The third kappa shape index (κ3) is 4.45. The van der Waals surface area contributed by atoms with Crippen molar-refractivity contribution in [1.82, 2.24) is 19.6 Å². The molecular weight excluding hydrogens is 352 g/mol. The van der Waals surface area contributed by atoms with E-state index in [0.29, 0.717) is 12.5 Å². The number of benzene rings is 1. The summed E-state index contributed by atoms with van der Waals surface area (Å²) in [4.78, 5) is 17.8. The summed E-state index contributed by atoms with van der Waals surface area (Å²) in [6, 6.07) is 12.5. The van der Waals surface area contributed by atoms with E-state index in [4.69, 9.17) is 4.74 Å². The molecule has 2 atom stereocenters. The van der Waals surface area contributed by atoms with Crippen LogP contribution < -0.4 is 0 Å². The van der Waals surface area contributed by atoms with E-state index in [1.807, 2.05) is 29.6 Å². The first-order chi connectivity index (χ1) is 13.6. The molecule has 0 N–H and O–H groups in total. The van der Waals surface area contributed by atoms with Gasteiger partial charge in [0.15, 0.2) is 0 Å². The fraction of sp³-hybridized carbons (Fsp3) is 0.545. The van der Waals surface area contributed by atoms with E-state index in [1.165, 1.54) is 5.56 Å². The van der Waals surface area contributed by atoms with Crippen molar-refractivity contribution in [1.29, 1.82) is 0 Å². The van der Waals surface area contributed by atoms with E-state index in [2.05, 4.69) is 40.3 Å². The molecule has 1 aliphatic heterocycles. The predicted octanol–water partition coefficient (Wildman–Crippen LogP) is 2.19. The van der Waals surface area contributed by atoms with Crippen LogP contribution in [0.5, 0.6) is 0 Å². The van der Waals surface area contributed by atoms with E-state index in [-0.39, 0.29) is 11.8 Å². The van der Waals surface area contributed by atoms with Crippen molar-refractivity contribution in [3.05, 3.63) is 53.3 Å². The maximum absolute atomic E-state index is 13.3. The molecule has 1 aromatic heterocycles. The highest BCUT2D eigenvalue weighted by Crippen LogP contribution is 2.48. The summed E-state index contributed by atoms with van der Waals surface area (Å²) >= 11 is 0. The number of aryl methyl sites for hydroxylation is 2. The highest BCUT2D eigenvalue weighted by atomic mass is 16.5. The topological polar surface area (TPSA) is 50.6 Å². The van der Waals surface area contributed by atoms with Crippen LogP contribution in [0.3, 0.4) is 0 Å². The minimum atomic E-state index is 0.112. The first-order valence-corrected chi connectivity index (χ1v) is 10.2. The van der Waals surface area contributed by atoms with Gasteiger partial charge in [0, 0.05) is 39.1 Å². The van der Waals surface area contributed by atoms with Crippen LogP contribution in [0.15, 0.2) is 36.4 Å². The molecule has 1 amide bonds. The Bertz CT molecular complexity index is 798. The monoisotopic (exact) mass is 382 g/mol. The molecule has 0 radical (unpaired) electrons. The van der Waals surface area contributed by atoms with Crippen LogP contribution in [0.2, 0.25) is 0 Å². The molecule has 2 heterocycles. The zero-order valence-electron chi connectivity index (χ0n) is 16.9. The van der Waals surface area contributed by atoms with Crippen LogP contribution in [-0.4, -0.2) is 64.9 Å². The van der Waals surface area contributed by atoms with Crippen molar-refractivity contribution in [2.24, 2.45) is 13.0 Å². The zero-order valence-corrected chi connectivity index (χ0v) is 16.9. The number of rotatable bonds is 7. The molecule has 2 aliphatic rings. The van der Waals surface area contributed by atoms with Gasteiger partial charge in [-0.3, -0.25) is 14.4 Å². The maximum Gasteiger partial charge on any atom is 0.226 e. The molecule has 150 valence electrons. The van der Waals surface area contributed by atoms with Crippen LogP contribution in [0.1, 0.15) is 29.3 Å². The Morgan fingerprint density at radius 2 is 2.00 bits per heavy atom. The Labute approximate surface area is 167 Å². The SMILES string of the molecule is Cc1cc(CN(CCN2CCOCC2)C(=O)[C@H]2C[C@H]2c2ccccc2)n(C)n1. The Hall–Kier alpha value is -2.18. The van der Waals surface area contributed by atoms with Crippen molar-refractivity contribution in [3.63, 3.8) is 0 Å². The van der Waals surface area contributed by atoms with Crippen molar-refractivity contribution in [3.8, 4) is 0 Å². The molecule has 2 aromatic rings. The molecule has 0 bridgehead atoms. The van der Waals surface area contributed by atoms with Crippen LogP contribution in [0, 0.1) is 12.8 Å². The van der Waals surface area contributed by atoms with Crippen LogP contribution in [-0.2, 0) is 23.1 Å². The van der Waals surface area contributed by atoms with Gasteiger partial charge < -0.3 is 9.64 Å². The second kappa shape index (κ2) is 8.45. The van der Waals surface area contributed by atoms with Crippen molar-refractivity contribution >= 4 is 5.91 Å². The number of amides is 1. The summed E-state index contributed by atoms with van der Waals surface area (Å²) in [6.45, 7) is 7.73. The van der Waals surface area contributed by atoms with Crippen LogP contribution in [0.4, 0.5) is 0 Å². The van der Waals surface area contributed by atoms with Gasteiger partial charge >= 0.3 is 0 Å². The fourth-order valence-electron chi connectivity index (χ4n) is 4.13. The lowest BCUT2D eigenvalue weighted by Crippen LogP contribution is -2.43. The largest absolute Gasteiger partial charge is 0.379 e. The molecule has 1 saturated heterocycles. The quantitative estimate of drug-likeness (QED) is 0.737. The van der Waals surface area contributed by atoms with Gasteiger partial charge in [0.1, 0.15) is 0 Å². The second-order valence-corrected chi connectivity index (χ2v) is 7.97. The number of morpholine rings is 1. The molecule has 4 rings (SSSR count). The number of carbonyl (C=O) groups excluding carboxylic acids is 1. The molecule has 6 heteroatoms. The van der Waals surface area contributed by atoms with E-state index in [0.717, 1.165) is 57.2 Å². The number of nitrogens with zero attached hydrogens (tertiary/aromatic N) is 4. The first kappa shape index (κ1) is 19.2. The molecule has 2 fully saturated rings. The Morgan fingerprint density at radius 1 is 1.25 bits per heavy atom. The van der Waals surface area contributed by atoms with E-state index in [1.54, 1.807) is 0 Å². The molecule has 28 heavy (non-hydrogen) atoms. The third-order valence-electron chi connectivity index (χ3n) is 5.89. The summed E-state index contributed by atoms with van der Waals surface area (Å²) in [5.41, 5.74) is 3.36. The van der Waals surface area contributed by atoms with Gasteiger partial charge in [-0.05, 0) is 30.9 Å². The normalized spacial score (nSPS) is 22.2. The lowest BCUT2D eigenvalue weighted by atomic mass is 10.1. The second-order valence-electron chi connectivity index (χ2n) is 7.97. The Morgan fingerprint density at radius 3 is 2.68 bits per heavy atom. The average Bonchev–Trinajstić information content (AvgIpc) is 3.45. The smallest absolute Gasteiger partial charge is 0.226 e. The summed E-state index contributed by atoms with van der Waals surface area (Å²) in [5, 5.41) is 4.45. The lowest BCUT2D eigenvalue weighted by Gasteiger charge is -2.30. The average molecular weight is 383 g/mol. The maximum atomic E-state index is 13.3. The highest BCUT2D eigenvalue weighted by molar-refractivity contribution is 5.83. The van der Waals surface area contributed by atoms with E-state index < -0.39 is 0 Å². The van der Waals surface area contributed by atoms with Crippen LogP contribution >= 0.6 is 0 Å². The van der Waals surface area contributed by atoms with Gasteiger partial charge in [-0.15, -0.1) is 0 Å². The molecule has 1 saturated carbocycles. The standard InChI is InChI=1S/C22H30N4O2/c1-17-14-19(24(2)23-17)16-26(9-8-25-10-12-28-13-11-25)22(27)21-15-20(21)18-6-4-3-5-7-18/h3-7,14,20-21H,8-13,15-16H2,1-2H3/t20-,21-/m0/s1. The van der Waals surface area contributed by atoms with Crippen molar-refractivity contribution < 1.29 is 9.53 Å². The Balaban J connectivity index is 1.44. The lowest BCUT2D eigenvalue weighted by molar-refractivity contribution is -0.133. The van der Waals surface area contributed by atoms with Gasteiger partial charge in [-0.25, -0.2) is 0 Å². The predicted molar refractivity (Wildman–Crippen MR) is 108 cm³/mol. The number of aromatic nitrogens is 2. The Kier molecular flexibility index (Phi) is 5.78. The molecule has 1 aliphatic carbocycles. The number of hydrogen-bond donors (Lipinski definition) is 0. The molecule has 0 spiro atoms. The number of carbonyl (C=O) groups is 1. The molecule has 0 unspecified atom stereocenters. The minimum Gasteiger partial charge on any atom is -0.379 e. The fourth-order valence-corrected chi connectivity index (χ4v) is 4.13. The van der Waals surface area contributed by atoms with Crippen molar-refractivity contribution in [2.45, 2.75) is 25.8 Å². The van der Waals surface area contributed by atoms with E-state index >= 15 is 0 Å². The third-order valence-corrected chi connectivity index (χ3v) is 5.89. The molecular formula is C22H30N4O2. The number of hydrogen-bond acceptors (Lipinski definition) is 4. The van der Waals surface area contributed by atoms with Gasteiger partial charge in [0.05, 0.1) is 31.1 Å². The summed E-state index contributed by atoms with van der Waals surface area (Å²) in [6.07, 6.45) is 0.960. The minimum absolute atomic E-state index is 0.112. The van der Waals surface area contributed by atoms with Gasteiger partial charge in [-0.1, -0.05) is 30.3 Å². The zero-order chi connectivity index (χ0) is 19.5. The summed E-state index contributed by atoms with van der Waals surface area (Å²) < 4.78 is 7.34. The first-order valence-electron chi connectivity index (χ1n) is 10.2. The highest BCUT2D eigenvalue weighted by Gasteiger charge is 2.45. The van der Waals surface area contributed by atoms with Crippen LogP contribution in [0.25, 0.3) is 0 Å². The molecule has 1 aromatic carbocycles.